The van der Waals surface area contributed by atoms with Crippen molar-refractivity contribution in [2.45, 2.75) is 50.8 Å². The Hall–Kier alpha value is -2.62. The van der Waals surface area contributed by atoms with Crippen LogP contribution in [0.2, 0.25) is 0 Å². The fourth-order valence-corrected chi connectivity index (χ4v) is 4.68. The summed E-state index contributed by atoms with van der Waals surface area (Å²) in [6, 6.07) is 4.06. The first kappa shape index (κ1) is 21.6. The summed E-state index contributed by atoms with van der Waals surface area (Å²) in [6.07, 6.45) is 2.09. The molecule has 3 heterocycles. The highest BCUT2D eigenvalue weighted by atomic mass is 16.3. The van der Waals surface area contributed by atoms with E-state index in [9.17, 15) is 24.3 Å². The highest BCUT2D eigenvalue weighted by Crippen LogP contribution is 2.29. The zero-order chi connectivity index (χ0) is 22.2. The van der Waals surface area contributed by atoms with Crippen LogP contribution in [0.5, 0.6) is 0 Å². The zero-order valence-electron chi connectivity index (χ0n) is 17.6. The molecule has 1 aromatic rings. The van der Waals surface area contributed by atoms with Gasteiger partial charge in [-0.3, -0.25) is 29.4 Å². The first-order valence-corrected chi connectivity index (χ1v) is 10.8. The normalized spacial score (nSPS) is 24.2. The number of amides is 4. The number of nitrogens with one attached hydrogen (secondary N) is 3. The molecule has 4 N–H and O–H groups in total. The monoisotopic (exact) mass is 428 g/mol. The maximum absolute atomic E-state index is 12.9. The molecule has 2 unspecified atom stereocenters. The van der Waals surface area contributed by atoms with Crippen LogP contribution in [0, 0.1) is 5.92 Å². The van der Waals surface area contributed by atoms with E-state index in [0.29, 0.717) is 13.1 Å². The molecule has 2 saturated heterocycles. The molecule has 0 spiro atoms. The number of imide groups is 2. The molecule has 4 amide bonds. The van der Waals surface area contributed by atoms with Gasteiger partial charge in [-0.05, 0) is 62.9 Å². The summed E-state index contributed by atoms with van der Waals surface area (Å²) in [7, 11) is 0. The molecule has 0 radical (unpaired) electrons. The largest absolute Gasteiger partial charge is 0.389 e. The number of hydrogen-bond acceptors (Lipinski definition) is 7. The second kappa shape index (κ2) is 8.49. The van der Waals surface area contributed by atoms with Gasteiger partial charge in [-0.25, -0.2) is 0 Å². The number of rotatable bonds is 6. The SMILES string of the molecule is CC(O)(CNCc1ccc2c(c1)C(=O)N(C1CCC(=O)NC1=O)C2=O)C1CCNCC1. The second-order valence-corrected chi connectivity index (χ2v) is 8.81. The topological polar surface area (TPSA) is 128 Å². The number of aliphatic hydroxyl groups is 1. The standard InChI is InChI=1S/C22H28N4O5/c1-22(31,14-6-8-23-9-7-14)12-24-11-13-2-3-15-16(10-13)21(30)26(20(15)29)17-4-5-18(27)25-19(17)28/h2-3,10,14,17,23-24,31H,4-9,11-12H2,1H3,(H,25,27,28). The van der Waals surface area contributed by atoms with E-state index in [2.05, 4.69) is 16.0 Å². The van der Waals surface area contributed by atoms with Crippen LogP contribution in [-0.2, 0) is 16.1 Å². The minimum Gasteiger partial charge on any atom is -0.389 e. The maximum atomic E-state index is 12.9. The smallest absolute Gasteiger partial charge is 0.262 e. The van der Waals surface area contributed by atoms with E-state index >= 15 is 0 Å². The van der Waals surface area contributed by atoms with E-state index in [1.165, 1.54) is 0 Å². The van der Waals surface area contributed by atoms with Crippen molar-refractivity contribution >= 4 is 23.6 Å². The van der Waals surface area contributed by atoms with Crippen LogP contribution in [0.4, 0.5) is 0 Å². The number of benzene rings is 1. The van der Waals surface area contributed by atoms with Crippen molar-refractivity contribution in [1.82, 2.24) is 20.9 Å². The van der Waals surface area contributed by atoms with Crippen molar-refractivity contribution < 1.29 is 24.3 Å². The van der Waals surface area contributed by atoms with Crippen LogP contribution >= 0.6 is 0 Å². The third kappa shape index (κ3) is 4.26. The molecule has 3 aliphatic heterocycles. The summed E-state index contributed by atoms with van der Waals surface area (Å²) in [4.78, 5) is 50.1. The molecule has 0 saturated carbocycles. The highest BCUT2D eigenvalue weighted by molar-refractivity contribution is 6.23. The lowest BCUT2D eigenvalue weighted by atomic mass is 9.82. The predicted molar refractivity (Wildman–Crippen MR) is 111 cm³/mol. The van der Waals surface area contributed by atoms with E-state index in [-0.39, 0.29) is 29.9 Å². The van der Waals surface area contributed by atoms with Crippen molar-refractivity contribution in [3.63, 3.8) is 0 Å². The Morgan fingerprint density at radius 3 is 2.52 bits per heavy atom. The van der Waals surface area contributed by atoms with Gasteiger partial charge in [0.05, 0.1) is 16.7 Å². The molecule has 0 aliphatic carbocycles. The van der Waals surface area contributed by atoms with Crippen molar-refractivity contribution in [1.29, 1.82) is 0 Å². The molecule has 0 aromatic heterocycles. The molecule has 0 bridgehead atoms. The molecular formula is C22H28N4O5. The highest BCUT2D eigenvalue weighted by Gasteiger charge is 2.44. The zero-order valence-corrected chi connectivity index (χ0v) is 17.6. The van der Waals surface area contributed by atoms with E-state index in [0.717, 1.165) is 36.4 Å². The summed E-state index contributed by atoms with van der Waals surface area (Å²) >= 11 is 0. The van der Waals surface area contributed by atoms with Gasteiger partial charge in [0.1, 0.15) is 6.04 Å². The molecule has 3 aliphatic rings. The first-order chi connectivity index (χ1) is 14.8. The molecule has 2 atom stereocenters. The molecule has 9 heteroatoms. The lowest BCUT2D eigenvalue weighted by molar-refractivity contribution is -0.136. The lowest BCUT2D eigenvalue weighted by Gasteiger charge is -2.36. The van der Waals surface area contributed by atoms with Gasteiger partial charge in [-0.2, -0.15) is 0 Å². The van der Waals surface area contributed by atoms with Crippen LogP contribution in [0.15, 0.2) is 18.2 Å². The first-order valence-electron chi connectivity index (χ1n) is 10.8. The Morgan fingerprint density at radius 2 is 1.81 bits per heavy atom. The number of nitrogens with zero attached hydrogens (tertiary/aromatic N) is 1. The molecule has 2 fully saturated rings. The van der Waals surface area contributed by atoms with Crippen LogP contribution in [0.25, 0.3) is 0 Å². The molecular weight excluding hydrogens is 400 g/mol. The lowest BCUT2D eigenvalue weighted by Crippen LogP contribution is -2.54. The van der Waals surface area contributed by atoms with Gasteiger partial charge in [-0.15, -0.1) is 0 Å². The molecule has 166 valence electrons. The van der Waals surface area contributed by atoms with E-state index in [1.807, 2.05) is 6.92 Å². The Balaban J connectivity index is 1.41. The van der Waals surface area contributed by atoms with Gasteiger partial charge in [0, 0.05) is 19.5 Å². The summed E-state index contributed by atoms with van der Waals surface area (Å²) in [6.45, 7) is 4.52. The Bertz CT molecular complexity index is 922. The number of carbonyl (C=O) groups is 4. The van der Waals surface area contributed by atoms with Crippen molar-refractivity contribution in [2.24, 2.45) is 5.92 Å². The minimum atomic E-state index is -0.966. The number of carbonyl (C=O) groups excluding carboxylic acids is 4. The van der Waals surface area contributed by atoms with Crippen LogP contribution < -0.4 is 16.0 Å². The van der Waals surface area contributed by atoms with Crippen molar-refractivity contribution in [3.8, 4) is 0 Å². The average molecular weight is 428 g/mol. The van der Waals surface area contributed by atoms with E-state index in [4.69, 9.17) is 0 Å². The summed E-state index contributed by atoms with van der Waals surface area (Å²) in [5.41, 5.74) is 0.512. The van der Waals surface area contributed by atoms with Crippen LogP contribution in [-0.4, -0.2) is 64.9 Å². The van der Waals surface area contributed by atoms with Gasteiger partial charge in [0.2, 0.25) is 11.8 Å². The third-order valence-electron chi connectivity index (χ3n) is 6.53. The maximum Gasteiger partial charge on any atom is 0.262 e. The molecule has 9 nitrogen and oxygen atoms in total. The fraction of sp³-hybridized carbons (Fsp3) is 0.545. The second-order valence-electron chi connectivity index (χ2n) is 8.81. The van der Waals surface area contributed by atoms with Crippen LogP contribution in [0.1, 0.15) is 58.9 Å². The van der Waals surface area contributed by atoms with Gasteiger partial charge in [0.25, 0.3) is 11.8 Å². The van der Waals surface area contributed by atoms with Gasteiger partial charge >= 0.3 is 0 Å². The molecule has 31 heavy (non-hydrogen) atoms. The quantitative estimate of drug-likeness (QED) is 0.467. The predicted octanol–water partition coefficient (Wildman–Crippen LogP) is -0.0720. The average Bonchev–Trinajstić information content (AvgIpc) is 2.99. The summed E-state index contributed by atoms with van der Waals surface area (Å²) in [5, 5.41) is 19.6. The minimum absolute atomic E-state index is 0.0932. The Kier molecular flexibility index (Phi) is 5.92. The number of fused-ring (bicyclic) bond motifs is 1. The Morgan fingerprint density at radius 1 is 1.10 bits per heavy atom. The van der Waals surface area contributed by atoms with Crippen molar-refractivity contribution in [2.75, 3.05) is 19.6 Å². The number of hydrogen-bond donors (Lipinski definition) is 4. The number of piperidine rings is 2. The van der Waals surface area contributed by atoms with E-state index in [1.54, 1.807) is 18.2 Å². The van der Waals surface area contributed by atoms with Gasteiger partial charge in [0.15, 0.2) is 0 Å². The third-order valence-corrected chi connectivity index (χ3v) is 6.53. The molecule has 4 rings (SSSR count). The fourth-order valence-electron chi connectivity index (χ4n) is 4.68. The van der Waals surface area contributed by atoms with Crippen molar-refractivity contribution in [3.05, 3.63) is 34.9 Å². The van der Waals surface area contributed by atoms with Gasteiger partial charge < -0.3 is 15.7 Å². The summed E-state index contributed by atoms with van der Waals surface area (Å²) in [5.74, 6) is -1.82. The summed E-state index contributed by atoms with van der Waals surface area (Å²) < 4.78 is 0. The van der Waals surface area contributed by atoms with Crippen LogP contribution in [0.3, 0.4) is 0 Å². The van der Waals surface area contributed by atoms with E-state index < -0.39 is 35.3 Å². The van der Waals surface area contributed by atoms with Gasteiger partial charge in [-0.1, -0.05) is 6.07 Å². The molecule has 1 aromatic carbocycles. The Labute approximate surface area is 180 Å².